The van der Waals surface area contributed by atoms with Crippen molar-refractivity contribution in [1.29, 1.82) is 0 Å². The molecular weight excluding hydrogens is 461 g/mol. The number of ether oxygens (including phenoxy) is 4. The molecule has 0 aromatic heterocycles. The van der Waals surface area contributed by atoms with Gasteiger partial charge in [0.05, 0.1) is 26.4 Å². The zero-order valence-electron chi connectivity index (χ0n) is 16.9. The van der Waals surface area contributed by atoms with Crippen molar-refractivity contribution in [1.82, 2.24) is 10.6 Å². The average molecular weight is 495 g/mol. The second-order valence-electron chi connectivity index (χ2n) is 5.76. The van der Waals surface area contributed by atoms with E-state index >= 15 is 0 Å². The quantitative estimate of drug-likeness (QED) is 0.190. The van der Waals surface area contributed by atoms with Gasteiger partial charge in [0.1, 0.15) is 5.75 Å². The molecule has 8 heteroatoms. The summed E-state index contributed by atoms with van der Waals surface area (Å²) in [7, 11) is 5.11. The Morgan fingerprint density at radius 1 is 1.00 bits per heavy atom. The minimum atomic E-state index is 0. The van der Waals surface area contributed by atoms with Gasteiger partial charge in [0, 0.05) is 52.9 Å². The maximum atomic E-state index is 5.91. The minimum Gasteiger partial charge on any atom is -0.493 e. The first-order chi connectivity index (χ1) is 12.7. The minimum absolute atomic E-state index is 0. The zero-order valence-corrected chi connectivity index (χ0v) is 19.2. The standard InChI is InChI=1S/C19H33N3O4.HI/c1-16-6-7-17(18(14-16)26-10-5-9-23-3)15-22-19(20-2)21-8-11-25-13-12-24-4;/h6-7,14H,5,8-13,15H2,1-4H3,(H2,20,21,22);1H. The van der Waals surface area contributed by atoms with Gasteiger partial charge in [-0.05, 0) is 18.6 Å². The van der Waals surface area contributed by atoms with Crippen LogP contribution in [0.15, 0.2) is 23.2 Å². The van der Waals surface area contributed by atoms with Crippen molar-refractivity contribution in [3.8, 4) is 5.75 Å². The van der Waals surface area contributed by atoms with E-state index in [4.69, 9.17) is 18.9 Å². The summed E-state index contributed by atoms with van der Waals surface area (Å²) in [4.78, 5) is 4.23. The molecule has 0 bridgehead atoms. The summed E-state index contributed by atoms with van der Waals surface area (Å²) in [5, 5.41) is 6.53. The van der Waals surface area contributed by atoms with Gasteiger partial charge >= 0.3 is 0 Å². The van der Waals surface area contributed by atoms with Crippen LogP contribution in [0.25, 0.3) is 0 Å². The molecule has 1 aromatic carbocycles. The Labute approximate surface area is 180 Å². The predicted molar refractivity (Wildman–Crippen MR) is 119 cm³/mol. The van der Waals surface area contributed by atoms with Gasteiger partial charge in [-0.25, -0.2) is 0 Å². The molecule has 7 nitrogen and oxygen atoms in total. The fourth-order valence-electron chi connectivity index (χ4n) is 2.21. The van der Waals surface area contributed by atoms with Crippen molar-refractivity contribution in [3.63, 3.8) is 0 Å². The monoisotopic (exact) mass is 495 g/mol. The van der Waals surface area contributed by atoms with E-state index in [1.54, 1.807) is 21.3 Å². The first kappa shape index (κ1) is 25.9. The Kier molecular flexibility index (Phi) is 16.3. The number of nitrogens with one attached hydrogen (secondary N) is 2. The van der Waals surface area contributed by atoms with Crippen LogP contribution in [-0.2, 0) is 20.8 Å². The van der Waals surface area contributed by atoms with Gasteiger partial charge in [-0.2, -0.15) is 0 Å². The summed E-state index contributed by atoms with van der Waals surface area (Å²) in [5.74, 6) is 1.62. The lowest BCUT2D eigenvalue weighted by molar-refractivity contribution is 0.0733. The lowest BCUT2D eigenvalue weighted by Crippen LogP contribution is -2.38. The molecule has 1 aromatic rings. The number of hydrogen-bond acceptors (Lipinski definition) is 5. The summed E-state index contributed by atoms with van der Waals surface area (Å²) in [6, 6.07) is 6.22. The normalized spacial score (nSPS) is 11.0. The van der Waals surface area contributed by atoms with Crippen molar-refractivity contribution in [2.45, 2.75) is 19.9 Å². The molecule has 0 atom stereocenters. The fraction of sp³-hybridized carbons (Fsp3) is 0.632. The summed E-state index contributed by atoms with van der Waals surface area (Å²) >= 11 is 0. The van der Waals surface area contributed by atoms with E-state index in [2.05, 4.69) is 40.7 Å². The summed E-state index contributed by atoms with van der Waals surface area (Å²) in [6.45, 7) is 6.50. The van der Waals surface area contributed by atoms with E-state index < -0.39 is 0 Å². The lowest BCUT2D eigenvalue weighted by atomic mass is 10.1. The molecule has 27 heavy (non-hydrogen) atoms. The Balaban J connectivity index is 0.00000676. The third-order valence-corrected chi connectivity index (χ3v) is 3.61. The van der Waals surface area contributed by atoms with Crippen molar-refractivity contribution in [2.75, 3.05) is 60.8 Å². The Morgan fingerprint density at radius 3 is 2.48 bits per heavy atom. The maximum Gasteiger partial charge on any atom is 0.191 e. The molecule has 0 amide bonds. The smallest absolute Gasteiger partial charge is 0.191 e. The maximum absolute atomic E-state index is 5.91. The van der Waals surface area contributed by atoms with Crippen LogP contribution in [0.1, 0.15) is 17.5 Å². The second kappa shape index (κ2) is 17.0. The highest BCUT2D eigenvalue weighted by atomic mass is 127. The van der Waals surface area contributed by atoms with Crippen LogP contribution >= 0.6 is 24.0 Å². The number of methoxy groups -OCH3 is 2. The average Bonchev–Trinajstić information content (AvgIpc) is 2.65. The molecule has 0 aliphatic carbocycles. The molecular formula is C19H34IN3O4. The van der Waals surface area contributed by atoms with Crippen LogP contribution in [0.2, 0.25) is 0 Å². The highest BCUT2D eigenvalue weighted by Gasteiger charge is 2.06. The van der Waals surface area contributed by atoms with Crippen LogP contribution in [-0.4, -0.2) is 66.8 Å². The van der Waals surface area contributed by atoms with Gasteiger partial charge < -0.3 is 29.6 Å². The Hall–Kier alpha value is -1.10. The number of hydrogen-bond donors (Lipinski definition) is 2. The summed E-state index contributed by atoms with van der Waals surface area (Å²) < 4.78 is 21.3. The van der Waals surface area contributed by atoms with E-state index in [9.17, 15) is 0 Å². The second-order valence-corrected chi connectivity index (χ2v) is 5.76. The molecule has 0 saturated carbocycles. The van der Waals surface area contributed by atoms with Gasteiger partial charge in [-0.15, -0.1) is 24.0 Å². The van der Waals surface area contributed by atoms with E-state index in [0.29, 0.717) is 46.1 Å². The number of guanidine groups is 1. The van der Waals surface area contributed by atoms with E-state index in [1.165, 1.54) is 5.56 Å². The highest BCUT2D eigenvalue weighted by Crippen LogP contribution is 2.20. The number of halogens is 1. The van der Waals surface area contributed by atoms with Gasteiger partial charge in [0.25, 0.3) is 0 Å². The molecule has 0 spiro atoms. The number of aliphatic imine (C=N–C) groups is 1. The molecule has 0 radical (unpaired) electrons. The van der Waals surface area contributed by atoms with E-state index in [-0.39, 0.29) is 24.0 Å². The molecule has 0 fully saturated rings. The van der Waals surface area contributed by atoms with Crippen LogP contribution in [0.3, 0.4) is 0 Å². The molecule has 0 unspecified atom stereocenters. The number of benzene rings is 1. The van der Waals surface area contributed by atoms with Gasteiger partial charge in [0.2, 0.25) is 0 Å². The van der Waals surface area contributed by atoms with Crippen molar-refractivity contribution < 1.29 is 18.9 Å². The molecule has 0 heterocycles. The molecule has 156 valence electrons. The van der Waals surface area contributed by atoms with Crippen molar-refractivity contribution in [2.24, 2.45) is 4.99 Å². The van der Waals surface area contributed by atoms with E-state index in [1.807, 2.05) is 0 Å². The zero-order chi connectivity index (χ0) is 19.0. The molecule has 2 N–H and O–H groups in total. The predicted octanol–water partition coefficient (Wildman–Crippen LogP) is 2.36. The van der Waals surface area contributed by atoms with Gasteiger partial charge in [0.15, 0.2) is 5.96 Å². The number of rotatable bonds is 13. The van der Waals surface area contributed by atoms with Crippen LogP contribution < -0.4 is 15.4 Å². The van der Waals surface area contributed by atoms with Crippen molar-refractivity contribution in [3.05, 3.63) is 29.3 Å². The Morgan fingerprint density at radius 2 is 1.78 bits per heavy atom. The SMILES string of the molecule is CN=C(NCCOCCOC)NCc1ccc(C)cc1OCCCOC.I. The van der Waals surface area contributed by atoms with Crippen LogP contribution in [0, 0.1) is 6.92 Å². The third kappa shape index (κ3) is 12.1. The summed E-state index contributed by atoms with van der Waals surface area (Å²) in [6.07, 6.45) is 0.865. The summed E-state index contributed by atoms with van der Waals surface area (Å²) in [5.41, 5.74) is 2.26. The molecule has 0 aliphatic rings. The highest BCUT2D eigenvalue weighted by molar-refractivity contribution is 14.0. The van der Waals surface area contributed by atoms with Gasteiger partial charge in [-0.1, -0.05) is 12.1 Å². The number of nitrogens with zero attached hydrogens (tertiary/aromatic N) is 1. The largest absolute Gasteiger partial charge is 0.493 e. The van der Waals surface area contributed by atoms with Crippen molar-refractivity contribution >= 4 is 29.9 Å². The molecule has 0 saturated heterocycles. The first-order valence-electron chi connectivity index (χ1n) is 8.93. The molecule has 0 aliphatic heterocycles. The van der Waals surface area contributed by atoms with Gasteiger partial charge in [-0.3, -0.25) is 4.99 Å². The van der Waals surface area contributed by atoms with Crippen LogP contribution in [0.4, 0.5) is 0 Å². The Bertz CT molecular complexity index is 530. The molecule has 1 rings (SSSR count). The lowest BCUT2D eigenvalue weighted by Gasteiger charge is -2.15. The topological polar surface area (TPSA) is 73.3 Å². The van der Waals surface area contributed by atoms with E-state index in [0.717, 1.165) is 23.7 Å². The fourth-order valence-corrected chi connectivity index (χ4v) is 2.21. The first-order valence-corrected chi connectivity index (χ1v) is 8.93. The van der Waals surface area contributed by atoms with Crippen LogP contribution in [0.5, 0.6) is 5.75 Å². The number of aryl methyl sites for hydroxylation is 1. The third-order valence-electron chi connectivity index (χ3n) is 3.61.